The number of allylic oxidation sites excluding steroid dienone is 4. The minimum atomic E-state index is 0.801. The van der Waals surface area contributed by atoms with Gasteiger partial charge in [0.1, 0.15) is 0 Å². The van der Waals surface area contributed by atoms with Crippen LogP contribution in [0.5, 0.6) is 0 Å². The average Bonchev–Trinajstić information content (AvgIpc) is 3.61. The molecule has 0 spiro atoms. The van der Waals surface area contributed by atoms with Gasteiger partial charge in [-0.1, -0.05) is 45.2 Å². The summed E-state index contributed by atoms with van der Waals surface area (Å²) in [7, 11) is 0. The van der Waals surface area contributed by atoms with E-state index in [2.05, 4.69) is 75.2 Å². The molecular weight excluding hydrogens is 376 g/mol. The summed E-state index contributed by atoms with van der Waals surface area (Å²) in [4.78, 5) is 7.20. The maximum absolute atomic E-state index is 4.69. The molecule has 2 nitrogen and oxygen atoms in total. The maximum Gasteiger partial charge on any atom is 0.0660 e. The van der Waals surface area contributed by atoms with Crippen molar-refractivity contribution in [2.45, 2.75) is 53.4 Å². The fourth-order valence-electron chi connectivity index (χ4n) is 3.83. The summed E-state index contributed by atoms with van der Waals surface area (Å²) >= 11 is 0. The van der Waals surface area contributed by atoms with Crippen LogP contribution >= 0.6 is 0 Å². The number of anilines is 2. The molecule has 1 aliphatic rings. The third kappa shape index (κ3) is 5.85. The summed E-state index contributed by atoms with van der Waals surface area (Å²) in [5, 5.41) is 0. The molecule has 0 bridgehead atoms. The van der Waals surface area contributed by atoms with Gasteiger partial charge in [-0.25, -0.2) is 0 Å². The van der Waals surface area contributed by atoms with E-state index < -0.39 is 0 Å². The normalized spacial score (nSPS) is 14.1. The quantitative estimate of drug-likeness (QED) is 0.284. The largest absolute Gasteiger partial charge is 0.341 e. The molecule has 2 aromatic rings. The standard InChI is InChI=1S/C29H36N2/c1-7-23-16-24(8-2)18-28(17-23)31(20-25-11-12-25)27-13-14-29(21(5)15-27)30-19-22(6)26(9-3)10-4/h9-10,13-19,25H,3,6-8,11-12,20H2,1-2,4-5H3/b26-10+,30-19?. The lowest BCUT2D eigenvalue weighted by Gasteiger charge is -2.27. The average molecular weight is 413 g/mol. The van der Waals surface area contributed by atoms with Gasteiger partial charge in [-0.15, -0.1) is 0 Å². The van der Waals surface area contributed by atoms with E-state index in [1.165, 1.54) is 40.9 Å². The first-order chi connectivity index (χ1) is 15.0. The van der Waals surface area contributed by atoms with Crippen molar-refractivity contribution in [1.82, 2.24) is 0 Å². The van der Waals surface area contributed by atoms with Gasteiger partial charge >= 0.3 is 0 Å². The molecule has 1 saturated carbocycles. The van der Waals surface area contributed by atoms with E-state index in [1.807, 2.05) is 25.3 Å². The molecule has 0 radical (unpaired) electrons. The topological polar surface area (TPSA) is 15.6 Å². The van der Waals surface area contributed by atoms with Crippen LogP contribution in [-0.2, 0) is 12.8 Å². The van der Waals surface area contributed by atoms with Crippen molar-refractivity contribution in [3.05, 3.63) is 89.5 Å². The molecule has 2 aromatic carbocycles. The van der Waals surface area contributed by atoms with Crippen LogP contribution < -0.4 is 4.90 Å². The number of aryl methyl sites for hydroxylation is 3. The first-order valence-corrected chi connectivity index (χ1v) is 11.5. The van der Waals surface area contributed by atoms with Gasteiger partial charge in [0, 0.05) is 24.1 Å². The van der Waals surface area contributed by atoms with E-state index in [-0.39, 0.29) is 0 Å². The Hall–Kier alpha value is -2.87. The Morgan fingerprint density at radius 2 is 1.74 bits per heavy atom. The molecule has 3 rings (SSSR count). The monoisotopic (exact) mass is 412 g/mol. The predicted octanol–water partition coefficient (Wildman–Crippen LogP) is 8.06. The van der Waals surface area contributed by atoms with Gasteiger partial charge in [0.15, 0.2) is 0 Å². The lowest BCUT2D eigenvalue weighted by molar-refractivity contribution is 0.812. The zero-order valence-electron chi connectivity index (χ0n) is 19.6. The van der Waals surface area contributed by atoms with Crippen molar-refractivity contribution in [3.8, 4) is 0 Å². The molecule has 0 aromatic heterocycles. The van der Waals surface area contributed by atoms with E-state index in [9.17, 15) is 0 Å². The second-order valence-electron chi connectivity index (χ2n) is 8.47. The van der Waals surface area contributed by atoms with E-state index in [0.717, 1.165) is 42.1 Å². The Bertz CT molecular complexity index is 983. The fourth-order valence-corrected chi connectivity index (χ4v) is 3.83. The second kappa shape index (κ2) is 10.4. The van der Waals surface area contributed by atoms with E-state index >= 15 is 0 Å². The number of rotatable bonds is 10. The van der Waals surface area contributed by atoms with Gasteiger partial charge < -0.3 is 4.90 Å². The molecule has 1 fully saturated rings. The molecule has 31 heavy (non-hydrogen) atoms. The molecule has 0 N–H and O–H groups in total. The van der Waals surface area contributed by atoms with Crippen LogP contribution in [0.3, 0.4) is 0 Å². The van der Waals surface area contributed by atoms with Crippen LogP contribution in [0.4, 0.5) is 17.1 Å². The number of hydrogen-bond acceptors (Lipinski definition) is 2. The van der Waals surface area contributed by atoms with E-state index in [4.69, 9.17) is 4.99 Å². The molecule has 0 saturated heterocycles. The van der Waals surface area contributed by atoms with Crippen molar-refractivity contribution in [2.24, 2.45) is 10.9 Å². The molecule has 0 heterocycles. The highest BCUT2D eigenvalue weighted by Crippen LogP contribution is 2.37. The van der Waals surface area contributed by atoms with Gasteiger partial charge in [-0.05, 0) is 104 Å². The van der Waals surface area contributed by atoms with Crippen LogP contribution in [-0.4, -0.2) is 12.8 Å². The Morgan fingerprint density at radius 3 is 2.26 bits per heavy atom. The smallest absolute Gasteiger partial charge is 0.0660 e. The highest BCUT2D eigenvalue weighted by molar-refractivity contribution is 5.87. The van der Waals surface area contributed by atoms with Crippen LogP contribution in [0.25, 0.3) is 0 Å². The summed E-state index contributed by atoms with van der Waals surface area (Å²) in [5.41, 5.74) is 9.42. The van der Waals surface area contributed by atoms with Gasteiger partial charge in [0.25, 0.3) is 0 Å². The Labute approximate surface area is 188 Å². The molecule has 0 aliphatic heterocycles. The minimum absolute atomic E-state index is 0.801. The van der Waals surface area contributed by atoms with Crippen LogP contribution in [0, 0.1) is 12.8 Å². The van der Waals surface area contributed by atoms with E-state index in [0.29, 0.717) is 0 Å². The lowest BCUT2D eigenvalue weighted by Crippen LogP contribution is -2.20. The van der Waals surface area contributed by atoms with Gasteiger partial charge in [0.2, 0.25) is 0 Å². The molecule has 0 unspecified atom stereocenters. The highest BCUT2D eigenvalue weighted by Gasteiger charge is 2.26. The molecule has 162 valence electrons. The third-order valence-corrected chi connectivity index (χ3v) is 6.06. The summed E-state index contributed by atoms with van der Waals surface area (Å²) in [6.07, 6.45) is 10.5. The van der Waals surface area contributed by atoms with Crippen molar-refractivity contribution in [2.75, 3.05) is 11.4 Å². The van der Waals surface area contributed by atoms with Gasteiger partial charge in [-0.3, -0.25) is 4.99 Å². The molecule has 0 atom stereocenters. The summed E-state index contributed by atoms with van der Waals surface area (Å²) in [6.45, 7) is 17.6. The Balaban J connectivity index is 1.92. The molecular formula is C29H36N2. The predicted molar refractivity (Wildman–Crippen MR) is 137 cm³/mol. The minimum Gasteiger partial charge on any atom is -0.341 e. The SMILES string of the molecule is C=C/C(=C\C)C(=C)C=Nc1ccc(N(CC2CC2)c2cc(CC)cc(CC)c2)cc1C. The first-order valence-electron chi connectivity index (χ1n) is 11.5. The Morgan fingerprint density at radius 1 is 1.06 bits per heavy atom. The zero-order chi connectivity index (χ0) is 22.4. The molecule has 2 heteroatoms. The van der Waals surface area contributed by atoms with Crippen molar-refractivity contribution >= 4 is 23.3 Å². The fraction of sp³-hybridized carbons (Fsp3) is 0.345. The van der Waals surface area contributed by atoms with Gasteiger partial charge in [0.05, 0.1) is 5.69 Å². The Kier molecular flexibility index (Phi) is 7.68. The highest BCUT2D eigenvalue weighted by atomic mass is 15.1. The zero-order valence-corrected chi connectivity index (χ0v) is 19.6. The number of benzene rings is 2. The van der Waals surface area contributed by atoms with Crippen molar-refractivity contribution in [1.29, 1.82) is 0 Å². The van der Waals surface area contributed by atoms with Crippen LogP contribution in [0.15, 0.2) is 77.8 Å². The van der Waals surface area contributed by atoms with Gasteiger partial charge in [-0.2, -0.15) is 0 Å². The maximum atomic E-state index is 4.69. The summed E-state index contributed by atoms with van der Waals surface area (Å²) in [5.74, 6) is 0.801. The van der Waals surface area contributed by atoms with Crippen molar-refractivity contribution < 1.29 is 0 Å². The number of aliphatic imine (C=N–C) groups is 1. The first kappa shape index (κ1) is 22.8. The summed E-state index contributed by atoms with van der Waals surface area (Å²) in [6, 6.07) is 13.7. The number of hydrogen-bond donors (Lipinski definition) is 0. The third-order valence-electron chi connectivity index (χ3n) is 6.06. The molecule has 0 amide bonds. The van der Waals surface area contributed by atoms with Crippen LogP contribution in [0.1, 0.15) is 50.3 Å². The molecule has 1 aliphatic carbocycles. The lowest BCUT2D eigenvalue weighted by atomic mass is 10.0. The van der Waals surface area contributed by atoms with Crippen molar-refractivity contribution in [3.63, 3.8) is 0 Å². The number of nitrogens with zero attached hydrogens (tertiary/aromatic N) is 2. The second-order valence-corrected chi connectivity index (χ2v) is 8.47. The van der Waals surface area contributed by atoms with E-state index in [1.54, 1.807) is 0 Å². The summed E-state index contributed by atoms with van der Waals surface area (Å²) < 4.78 is 0. The van der Waals surface area contributed by atoms with Crippen LogP contribution in [0.2, 0.25) is 0 Å².